The minimum Gasteiger partial charge on any atom is -0.485 e. The topological polar surface area (TPSA) is 95.4 Å². The summed E-state index contributed by atoms with van der Waals surface area (Å²) in [5, 5.41) is 24.6. The molecule has 1 aromatic heterocycles. The van der Waals surface area contributed by atoms with E-state index in [0.29, 0.717) is 29.6 Å². The Labute approximate surface area is 169 Å². The Morgan fingerprint density at radius 1 is 1.21 bits per heavy atom. The van der Waals surface area contributed by atoms with E-state index in [9.17, 15) is 10.4 Å². The van der Waals surface area contributed by atoms with E-state index >= 15 is 0 Å². The van der Waals surface area contributed by atoms with Crippen molar-refractivity contribution >= 4 is 5.69 Å². The molecule has 0 bridgehead atoms. The van der Waals surface area contributed by atoms with Crippen LogP contribution in [-0.2, 0) is 6.54 Å². The van der Waals surface area contributed by atoms with E-state index in [0.717, 1.165) is 11.3 Å². The van der Waals surface area contributed by atoms with Crippen molar-refractivity contribution in [1.29, 1.82) is 5.26 Å². The molecule has 3 aromatic rings. The van der Waals surface area contributed by atoms with Gasteiger partial charge in [-0.15, -0.1) is 0 Å². The number of hydrogen-bond donors (Lipinski definition) is 1. The maximum Gasteiger partial charge on any atom is 0.246 e. The molecule has 7 nitrogen and oxygen atoms in total. The summed E-state index contributed by atoms with van der Waals surface area (Å²) in [5.74, 6) is 1.64. The van der Waals surface area contributed by atoms with Crippen LogP contribution in [0.5, 0.6) is 5.75 Å². The minimum absolute atomic E-state index is 0.304. The van der Waals surface area contributed by atoms with Crippen LogP contribution in [0.2, 0.25) is 0 Å². The van der Waals surface area contributed by atoms with Crippen LogP contribution in [-0.4, -0.2) is 27.0 Å². The van der Waals surface area contributed by atoms with Gasteiger partial charge in [0.15, 0.2) is 5.82 Å². The summed E-state index contributed by atoms with van der Waals surface area (Å²) >= 11 is 0. The Hall–Kier alpha value is -3.37. The summed E-state index contributed by atoms with van der Waals surface area (Å²) in [5.41, 5.74) is 1.31. The first kappa shape index (κ1) is 19.0. The van der Waals surface area contributed by atoms with Gasteiger partial charge in [0.05, 0.1) is 24.2 Å². The van der Waals surface area contributed by atoms with Gasteiger partial charge in [0.25, 0.3) is 0 Å². The lowest BCUT2D eigenvalue weighted by Crippen LogP contribution is -2.53. The molecule has 0 spiro atoms. The van der Waals surface area contributed by atoms with Gasteiger partial charge in [-0.3, -0.25) is 0 Å². The van der Waals surface area contributed by atoms with E-state index in [2.05, 4.69) is 16.2 Å². The van der Waals surface area contributed by atoms with Gasteiger partial charge in [0, 0.05) is 11.3 Å². The molecule has 1 N–H and O–H groups in total. The summed E-state index contributed by atoms with van der Waals surface area (Å²) in [6, 6.07) is 16.7. The lowest BCUT2D eigenvalue weighted by atomic mass is 9.84. The summed E-state index contributed by atoms with van der Waals surface area (Å²) in [4.78, 5) is 6.35. The van der Waals surface area contributed by atoms with Crippen molar-refractivity contribution in [2.24, 2.45) is 0 Å². The third-order valence-electron chi connectivity index (χ3n) is 5.14. The third kappa shape index (κ3) is 3.55. The van der Waals surface area contributed by atoms with Crippen LogP contribution in [0.1, 0.15) is 42.7 Å². The van der Waals surface area contributed by atoms with Crippen LogP contribution < -0.4 is 9.64 Å². The number of hydrogen-bond acceptors (Lipinski definition) is 7. The fourth-order valence-electron chi connectivity index (χ4n) is 3.69. The van der Waals surface area contributed by atoms with Gasteiger partial charge in [0.1, 0.15) is 17.5 Å². The highest BCUT2D eigenvalue weighted by Gasteiger charge is 2.46. The quantitative estimate of drug-likeness (QED) is 0.728. The maximum absolute atomic E-state index is 11.3. The molecule has 1 aliphatic heterocycles. The number of benzene rings is 2. The predicted molar refractivity (Wildman–Crippen MR) is 106 cm³/mol. The second-order valence-corrected chi connectivity index (χ2v) is 7.66. The standard InChI is InChI=1S/C22H22N4O3/c1-14-24-19(29-25-14)13-26(16-7-5-4-6-8-16)20-17-11-15(12-23)9-10-18(17)28-22(2,3)21(20)27/h4-11,20-21,27H,13H2,1-3H3/t20-,21+/m0/s1. The number of para-hydroxylation sites is 1. The smallest absolute Gasteiger partial charge is 0.246 e. The zero-order chi connectivity index (χ0) is 20.6. The monoisotopic (exact) mass is 390 g/mol. The number of aryl methyl sites for hydroxylation is 1. The molecule has 0 amide bonds. The average Bonchev–Trinajstić information content (AvgIpc) is 3.13. The van der Waals surface area contributed by atoms with Crippen molar-refractivity contribution in [3.8, 4) is 11.8 Å². The minimum atomic E-state index is -0.867. The zero-order valence-electron chi connectivity index (χ0n) is 16.5. The molecule has 0 unspecified atom stereocenters. The Bertz CT molecular complexity index is 1060. The molecule has 0 fully saturated rings. The second kappa shape index (κ2) is 7.22. The van der Waals surface area contributed by atoms with Crippen LogP contribution in [0.4, 0.5) is 5.69 Å². The largest absolute Gasteiger partial charge is 0.485 e. The number of ether oxygens (including phenoxy) is 1. The Kier molecular flexibility index (Phi) is 4.73. The zero-order valence-corrected chi connectivity index (χ0v) is 16.5. The summed E-state index contributed by atoms with van der Waals surface area (Å²) in [6.07, 6.45) is -0.867. The van der Waals surface area contributed by atoms with E-state index in [1.807, 2.05) is 49.1 Å². The van der Waals surface area contributed by atoms with Crippen LogP contribution in [0.15, 0.2) is 53.1 Å². The molecule has 2 heterocycles. The first-order valence-corrected chi connectivity index (χ1v) is 9.41. The fraction of sp³-hybridized carbons (Fsp3) is 0.318. The van der Waals surface area contributed by atoms with Crippen molar-refractivity contribution in [2.45, 2.75) is 45.1 Å². The molecule has 0 saturated carbocycles. The van der Waals surface area contributed by atoms with E-state index in [4.69, 9.17) is 9.26 Å². The fourth-order valence-corrected chi connectivity index (χ4v) is 3.69. The summed E-state index contributed by atoms with van der Waals surface area (Å²) < 4.78 is 11.4. The van der Waals surface area contributed by atoms with Crippen molar-refractivity contribution < 1.29 is 14.4 Å². The van der Waals surface area contributed by atoms with Crippen molar-refractivity contribution in [1.82, 2.24) is 10.1 Å². The SMILES string of the molecule is Cc1noc(CN(c2ccccc2)[C@H]2c3cc(C#N)ccc3OC(C)(C)[C@@H]2O)n1. The van der Waals surface area contributed by atoms with Gasteiger partial charge >= 0.3 is 0 Å². The number of fused-ring (bicyclic) bond motifs is 1. The van der Waals surface area contributed by atoms with Gasteiger partial charge in [-0.05, 0) is 51.1 Å². The van der Waals surface area contributed by atoms with Crippen LogP contribution in [0.3, 0.4) is 0 Å². The number of aromatic nitrogens is 2. The Balaban J connectivity index is 1.87. The lowest BCUT2D eigenvalue weighted by Gasteiger charge is -2.46. The first-order chi connectivity index (χ1) is 13.9. The van der Waals surface area contributed by atoms with E-state index in [-0.39, 0.29) is 0 Å². The van der Waals surface area contributed by atoms with E-state index < -0.39 is 17.7 Å². The average molecular weight is 390 g/mol. The molecule has 2 aromatic carbocycles. The second-order valence-electron chi connectivity index (χ2n) is 7.66. The van der Waals surface area contributed by atoms with E-state index in [1.54, 1.807) is 25.1 Å². The molecular weight excluding hydrogens is 368 g/mol. The third-order valence-corrected chi connectivity index (χ3v) is 5.14. The van der Waals surface area contributed by atoms with Gasteiger partial charge < -0.3 is 19.3 Å². The van der Waals surface area contributed by atoms with Gasteiger partial charge in [-0.2, -0.15) is 10.2 Å². The van der Waals surface area contributed by atoms with Gasteiger partial charge in [-0.1, -0.05) is 23.4 Å². The number of anilines is 1. The maximum atomic E-state index is 11.3. The molecule has 29 heavy (non-hydrogen) atoms. The highest BCUT2D eigenvalue weighted by atomic mass is 16.5. The van der Waals surface area contributed by atoms with Crippen LogP contribution in [0.25, 0.3) is 0 Å². The molecule has 148 valence electrons. The summed E-state index contributed by atoms with van der Waals surface area (Å²) in [6.45, 7) is 5.78. The first-order valence-electron chi connectivity index (χ1n) is 9.41. The highest BCUT2D eigenvalue weighted by molar-refractivity contribution is 5.54. The molecule has 2 atom stereocenters. The van der Waals surface area contributed by atoms with Gasteiger partial charge in [-0.25, -0.2) is 0 Å². The molecule has 0 saturated heterocycles. The molecular formula is C22H22N4O3. The van der Waals surface area contributed by atoms with E-state index in [1.165, 1.54) is 0 Å². The van der Waals surface area contributed by atoms with Crippen molar-refractivity contribution in [2.75, 3.05) is 4.90 Å². The summed E-state index contributed by atoms with van der Waals surface area (Å²) in [7, 11) is 0. The highest BCUT2D eigenvalue weighted by Crippen LogP contribution is 2.45. The van der Waals surface area contributed by atoms with Crippen molar-refractivity contribution in [3.63, 3.8) is 0 Å². The molecule has 0 radical (unpaired) electrons. The molecule has 4 rings (SSSR count). The predicted octanol–water partition coefficient (Wildman–Crippen LogP) is 3.53. The molecule has 1 aliphatic rings. The molecule has 0 aliphatic carbocycles. The number of nitriles is 1. The van der Waals surface area contributed by atoms with Gasteiger partial charge in [0.2, 0.25) is 5.89 Å². The van der Waals surface area contributed by atoms with Crippen molar-refractivity contribution in [3.05, 3.63) is 71.4 Å². The Morgan fingerprint density at radius 3 is 2.62 bits per heavy atom. The van der Waals surface area contributed by atoms with Crippen LogP contribution >= 0.6 is 0 Å². The number of aliphatic hydroxyl groups excluding tert-OH is 1. The molecule has 7 heteroatoms. The van der Waals surface area contributed by atoms with Crippen LogP contribution in [0, 0.1) is 18.3 Å². The number of nitrogens with zero attached hydrogens (tertiary/aromatic N) is 4. The number of aliphatic hydroxyl groups is 1. The normalized spacial score (nSPS) is 19.7. The Morgan fingerprint density at radius 2 is 1.97 bits per heavy atom. The lowest BCUT2D eigenvalue weighted by molar-refractivity contribution is -0.0592. The number of rotatable bonds is 4.